The van der Waals surface area contributed by atoms with Crippen molar-refractivity contribution in [2.75, 3.05) is 17.7 Å². The highest BCUT2D eigenvalue weighted by atomic mass is 32.2. The van der Waals surface area contributed by atoms with Gasteiger partial charge in [0.1, 0.15) is 5.03 Å². The molecule has 8 heteroatoms. The number of carbonyl (C=O) groups excluding carboxylic acids is 2. The normalized spacial score (nSPS) is 10.7. The van der Waals surface area contributed by atoms with Crippen LogP contribution in [0, 0.1) is 0 Å². The van der Waals surface area contributed by atoms with Crippen molar-refractivity contribution in [1.29, 1.82) is 0 Å². The molecule has 0 atom stereocenters. The maximum Gasteiger partial charge on any atom is 0.340 e. The first kappa shape index (κ1) is 20.6. The van der Waals surface area contributed by atoms with Crippen molar-refractivity contribution in [2.45, 2.75) is 11.9 Å². The number of para-hydroxylation sites is 1. The molecule has 0 aliphatic rings. The Bertz CT molecular complexity index is 1220. The van der Waals surface area contributed by atoms with E-state index in [1.165, 1.54) is 11.8 Å². The molecular formula is C23H20N4O3S. The standard InChI is InChI=1S/C23H20N4O3S/c1-2-30-23(29)17-10-6-7-11-18(17)25-21(28)15-31-22-20-14-19(16-8-4-3-5-9-16)26-27(20)13-12-24-22/h3-14H,2,15H2,1H3,(H,25,28). The molecule has 31 heavy (non-hydrogen) atoms. The predicted octanol–water partition coefficient (Wildman–Crippen LogP) is 4.30. The van der Waals surface area contributed by atoms with Crippen LogP contribution < -0.4 is 5.32 Å². The molecule has 0 saturated carbocycles. The Morgan fingerprint density at radius 1 is 1.10 bits per heavy atom. The molecule has 0 bridgehead atoms. The molecule has 0 aliphatic heterocycles. The number of amides is 1. The third-order valence-corrected chi connectivity index (χ3v) is 5.46. The van der Waals surface area contributed by atoms with Crippen molar-refractivity contribution in [3.8, 4) is 11.3 Å². The van der Waals surface area contributed by atoms with Crippen LogP contribution >= 0.6 is 11.8 Å². The van der Waals surface area contributed by atoms with Gasteiger partial charge in [0.25, 0.3) is 0 Å². The molecule has 0 fully saturated rings. The number of thioether (sulfide) groups is 1. The zero-order valence-corrected chi connectivity index (χ0v) is 17.6. The van der Waals surface area contributed by atoms with Crippen LogP contribution in [0.5, 0.6) is 0 Å². The van der Waals surface area contributed by atoms with Crippen LogP contribution in [0.15, 0.2) is 78.1 Å². The fraction of sp³-hybridized carbons (Fsp3) is 0.130. The molecule has 156 valence electrons. The predicted molar refractivity (Wildman–Crippen MR) is 120 cm³/mol. The first-order chi connectivity index (χ1) is 15.2. The lowest BCUT2D eigenvalue weighted by Crippen LogP contribution is -2.17. The van der Waals surface area contributed by atoms with Crippen molar-refractivity contribution in [3.63, 3.8) is 0 Å². The molecule has 2 aromatic carbocycles. The van der Waals surface area contributed by atoms with E-state index in [1.807, 2.05) is 36.4 Å². The van der Waals surface area contributed by atoms with Crippen LogP contribution in [-0.2, 0) is 9.53 Å². The monoisotopic (exact) mass is 432 g/mol. The Balaban J connectivity index is 1.48. The van der Waals surface area contributed by atoms with E-state index in [2.05, 4.69) is 15.4 Å². The van der Waals surface area contributed by atoms with Gasteiger partial charge in [-0.3, -0.25) is 4.79 Å². The van der Waals surface area contributed by atoms with Gasteiger partial charge in [-0.15, -0.1) is 0 Å². The maximum atomic E-state index is 12.5. The van der Waals surface area contributed by atoms with E-state index in [-0.39, 0.29) is 18.3 Å². The van der Waals surface area contributed by atoms with Crippen LogP contribution in [0.4, 0.5) is 5.69 Å². The second-order valence-electron chi connectivity index (χ2n) is 6.56. The number of esters is 1. The number of nitrogens with zero attached hydrogens (tertiary/aromatic N) is 3. The maximum absolute atomic E-state index is 12.5. The Labute approximate surface area is 183 Å². The minimum Gasteiger partial charge on any atom is -0.462 e. The Morgan fingerprint density at radius 2 is 1.87 bits per heavy atom. The summed E-state index contributed by atoms with van der Waals surface area (Å²) in [5.74, 6) is -0.575. The summed E-state index contributed by atoms with van der Waals surface area (Å²) in [6, 6.07) is 18.6. The molecule has 0 saturated heterocycles. The summed E-state index contributed by atoms with van der Waals surface area (Å²) in [5.41, 5.74) is 3.42. The largest absolute Gasteiger partial charge is 0.462 e. The molecule has 2 aromatic heterocycles. The van der Waals surface area contributed by atoms with E-state index in [4.69, 9.17) is 4.74 Å². The molecular weight excluding hydrogens is 412 g/mol. The van der Waals surface area contributed by atoms with Gasteiger partial charge in [-0.05, 0) is 25.1 Å². The molecule has 0 unspecified atom stereocenters. The minimum atomic E-state index is -0.467. The van der Waals surface area contributed by atoms with E-state index in [0.29, 0.717) is 16.3 Å². The van der Waals surface area contributed by atoms with Gasteiger partial charge in [-0.25, -0.2) is 14.3 Å². The van der Waals surface area contributed by atoms with Crippen molar-refractivity contribution in [2.24, 2.45) is 0 Å². The molecule has 0 aliphatic carbocycles. The summed E-state index contributed by atoms with van der Waals surface area (Å²) in [7, 11) is 0. The molecule has 7 nitrogen and oxygen atoms in total. The quantitative estimate of drug-likeness (QED) is 0.346. The highest BCUT2D eigenvalue weighted by Crippen LogP contribution is 2.26. The van der Waals surface area contributed by atoms with Gasteiger partial charge in [0.05, 0.1) is 34.8 Å². The van der Waals surface area contributed by atoms with Crippen LogP contribution in [0.2, 0.25) is 0 Å². The van der Waals surface area contributed by atoms with Gasteiger partial charge in [0.15, 0.2) is 0 Å². The van der Waals surface area contributed by atoms with Gasteiger partial charge in [-0.2, -0.15) is 5.10 Å². The number of ether oxygens (including phenoxy) is 1. The Kier molecular flexibility index (Phi) is 6.28. The van der Waals surface area contributed by atoms with Crippen molar-refractivity contribution >= 4 is 34.8 Å². The highest BCUT2D eigenvalue weighted by Gasteiger charge is 2.15. The van der Waals surface area contributed by atoms with Crippen molar-refractivity contribution in [1.82, 2.24) is 14.6 Å². The van der Waals surface area contributed by atoms with Crippen molar-refractivity contribution in [3.05, 3.63) is 78.6 Å². The second-order valence-corrected chi connectivity index (χ2v) is 7.52. The van der Waals surface area contributed by atoms with E-state index >= 15 is 0 Å². The van der Waals surface area contributed by atoms with E-state index in [9.17, 15) is 9.59 Å². The summed E-state index contributed by atoms with van der Waals surface area (Å²) in [4.78, 5) is 29.1. The molecule has 4 rings (SSSR count). The van der Waals surface area contributed by atoms with Gasteiger partial charge < -0.3 is 10.1 Å². The summed E-state index contributed by atoms with van der Waals surface area (Å²) in [5, 5.41) is 8.09. The Hall–Kier alpha value is -3.65. The number of benzene rings is 2. The SMILES string of the molecule is CCOC(=O)c1ccccc1NC(=O)CSc1nccn2nc(-c3ccccc3)cc12. The number of aromatic nitrogens is 3. The summed E-state index contributed by atoms with van der Waals surface area (Å²) in [6.07, 6.45) is 3.44. The summed E-state index contributed by atoms with van der Waals surface area (Å²) < 4.78 is 6.81. The third-order valence-electron chi connectivity index (χ3n) is 4.46. The lowest BCUT2D eigenvalue weighted by Gasteiger charge is -2.10. The van der Waals surface area contributed by atoms with Gasteiger partial charge in [0, 0.05) is 18.0 Å². The average Bonchev–Trinajstić information content (AvgIpc) is 3.24. The summed E-state index contributed by atoms with van der Waals surface area (Å²) in [6.45, 7) is 2.01. The lowest BCUT2D eigenvalue weighted by atomic mass is 10.1. The zero-order valence-electron chi connectivity index (χ0n) is 16.8. The number of rotatable bonds is 7. The third kappa shape index (κ3) is 4.75. The molecule has 0 radical (unpaired) electrons. The smallest absolute Gasteiger partial charge is 0.340 e. The van der Waals surface area contributed by atoms with Crippen LogP contribution in [0.1, 0.15) is 17.3 Å². The van der Waals surface area contributed by atoms with E-state index in [1.54, 1.807) is 48.1 Å². The van der Waals surface area contributed by atoms with Crippen LogP contribution in [0.3, 0.4) is 0 Å². The molecule has 2 heterocycles. The number of fused-ring (bicyclic) bond motifs is 1. The highest BCUT2D eigenvalue weighted by molar-refractivity contribution is 8.00. The fourth-order valence-electron chi connectivity index (χ4n) is 3.06. The van der Waals surface area contributed by atoms with Gasteiger partial charge in [0.2, 0.25) is 5.91 Å². The number of anilines is 1. The fourth-order valence-corrected chi connectivity index (χ4v) is 3.83. The topological polar surface area (TPSA) is 85.6 Å². The van der Waals surface area contributed by atoms with Gasteiger partial charge in [-0.1, -0.05) is 54.2 Å². The number of nitrogens with one attached hydrogen (secondary N) is 1. The first-order valence-corrected chi connectivity index (χ1v) is 10.7. The van der Waals surface area contributed by atoms with Crippen molar-refractivity contribution < 1.29 is 14.3 Å². The number of carbonyl (C=O) groups is 2. The van der Waals surface area contributed by atoms with Gasteiger partial charge >= 0.3 is 5.97 Å². The second kappa shape index (κ2) is 9.44. The summed E-state index contributed by atoms with van der Waals surface area (Å²) >= 11 is 1.31. The van der Waals surface area contributed by atoms with Crippen LogP contribution in [-0.4, -0.2) is 38.8 Å². The first-order valence-electron chi connectivity index (χ1n) is 9.74. The van der Waals surface area contributed by atoms with E-state index in [0.717, 1.165) is 16.8 Å². The molecule has 4 aromatic rings. The minimum absolute atomic E-state index is 0.135. The lowest BCUT2D eigenvalue weighted by molar-refractivity contribution is -0.113. The number of hydrogen-bond acceptors (Lipinski definition) is 6. The molecule has 0 spiro atoms. The molecule has 1 N–H and O–H groups in total. The van der Waals surface area contributed by atoms with Crippen LogP contribution in [0.25, 0.3) is 16.8 Å². The number of hydrogen-bond donors (Lipinski definition) is 1. The van der Waals surface area contributed by atoms with E-state index < -0.39 is 5.97 Å². The average molecular weight is 433 g/mol. The molecule has 1 amide bonds. The zero-order chi connectivity index (χ0) is 21.6. The Morgan fingerprint density at radius 3 is 2.68 bits per heavy atom.